The number of carbonyl (C=O) groups is 3. The van der Waals surface area contributed by atoms with Gasteiger partial charge in [-0.25, -0.2) is 9.59 Å². The summed E-state index contributed by atoms with van der Waals surface area (Å²) in [6, 6.07) is 3.61. The molecule has 8 heteroatoms. The maximum Gasteiger partial charge on any atom is 0.328 e. The van der Waals surface area contributed by atoms with Crippen LogP contribution in [0.15, 0.2) is 24.3 Å². The van der Waals surface area contributed by atoms with E-state index in [0.717, 1.165) is 0 Å². The average Bonchev–Trinajstić information content (AvgIpc) is 2.35. The van der Waals surface area contributed by atoms with Gasteiger partial charge in [0, 0.05) is 11.3 Å². The fraction of sp³-hybridized carbons (Fsp3) is 0.182. The van der Waals surface area contributed by atoms with Crippen molar-refractivity contribution in [3.63, 3.8) is 0 Å². The van der Waals surface area contributed by atoms with Gasteiger partial charge in [-0.2, -0.15) is 0 Å². The minimum atomic E-state index is -1.40. The van der Waals surface area contributed by atoms with Crippen molar-refractivity contribution in [2.24, 2.45) is 5.73 Å². The maximum atomic E-state index is 11.5. The Balaban J connectivity index is 2.69. The van der Waals surface area contributed by atoms with Crippen molar-refractivity contribution < 1.29 is 24.6 Å². The highest BCUT2D eigenvalue weighted by molar-refractivity contribution is 5.96. The van der Waals surface area contributed by atoms with Crippen molar-refractivity contribution >= 4 is 23.6 Å². The Morgan fingerprint density at radius 2 is 2.00 bits per heavy atom. The summed E-state index contributed by atoms with van der Waals surface area (Å²) < 4.78 is 0. The third kappa shape index (κ3) is 4.28. The minimum absolute atomic E-state index is 0.203. The molecule has 0 aliphatic heterocycles. The van der Waals surface area contributed by atoms with Gasteiger partial charge in [0.15, 0.2) is 6.04 Å². The SMILES string of the molecule is NC(=O)c1cccc(NC(=O)N[C@H](CO)C(=O)O)c1. The molecule has 8 nitrogen and oxygen atoms in total. The lowest BCUT2D eigenvalue weighted by molar-refractivity contribution is -0.140. The van der Waals surface area contributed by atoms with Crippen LogP contribution < -0.4 is 16.4 Å². The third-order valence-electron chi connectivity index (χ3n) is 2.19. The number of rotatable bonds is 5. The van der Waals surface area contributed by atoms with Crippen molar-refractivity contribution in [2.45, 2.75) is 6.04 Å². The Kier molecular flexibility index (Phi) is 4.84. The summed E-state index contributed by atoms with van der Waals surface area (Å²) >= 11 is 0. The molecule has 0 aliphatic carbocycles. The first kappa shape index (κ1) is 14.5. The predicted molar refractivity (Wildman–Crippen MR) is 65.6 cm³/mol. The molecular formula is C11H13N3O5. The first-order valence-corrected chi connectivity index (χ1v) is 5.25. The van der Waals surface area contributed by atoms with Crippen LogP contribution in [-0.4, -0.2) is 40.8 Å². The number of aliphatic hydroxyl groups excluding tert-OH is 1. The molecule has 0 heterocycles. The highest BCUT2D eigenvalue weighted by Crippen LogP contribution is 2.09. The zero-order valence-electron chi connectivity index (χ0n) is 9.79. The molecule has 1 rings (SSSR count). The van der Waals surface area contributed by atoms with Gasteiger partial charge in [-0.05, 0) is 18.2 Å². The molecule has 0 bridgehead atoms. The van der Waals surface area contributed by atoms with E-state index in [4.69, 9.17) is 15.9 Å². The highest BCUT2D eigenvalue weighted by atomic mass is 16.4. The van der Waals surface area contributed by atoms with E-state index < -0.39 is 30.6 Å². The first-order valence-electron chi connectivity index (χ1n) is 5.25. The third-order valence-corrected chi connectivity index (χ3v) is 2.19. The van der Waals surface area contributed by atoms with Crippen LogP contribution in [0.3, 0.4) is 0 Å². The van der Waals surface area contributed by atoms with Gasteiger partial charge in [-0.1, -0.05) is 6.07 Å². The summed E-state index contributed by atoms with van der Waals surface area (Å²) in [6.07, 6.45) is 0. The van der Waals surface area contributed by atoms with E-state index in [1.807, 2.05) is 5.32 Å². The number of carboxylic acids is 1. The van der Waals surface area contributed by atoms with Gasteiger partial charge >= 0.3 is 12.0 Å². The minimum Gasteiger partial charge on any atom is -0.480 e. The summed E-state index contributed by atoms with van der Waals surface area (Å²) in [7, 11) is 0. The molecule has 0 saturated heterocycles. The summed E-state index contributed by atoms with van der Waals surface area (Å²) in [5.74, 6) is -2.01. The van der Waals surface area contributed by atoms with E-state index in [0.29, 0.717) is 0 Å². The maximum absolute atomic E-state index is 11.5. The average molecular weight is 267 g/mol. The first-order chi connectivity index (χ1) is 8.93. The fourth-order valence-corrected chi connectivity index (χ4v) is 1.26. The monoisotopic (exact) mass is 267 g/mol. The van der Waals surface area contributed by atoms with Crippen molar-refractivity contribution in [2.75, 3.05) is 11.9 Å². The number of urea groups is 1. The van der Waals surface area contributed by atoms with Gasteiger partial charge in [-0.15, -0.1) is 0 Å². The van der Waals surface area contributed by atoms with E-state index in [1.165, 1.54) is 24.3 Å². The lowest BCUT2D eigenvalue weighted by atomic mass is 10.2. The van der Waals surface area contributed by atoms with E-state index in [9.17, 15) is 14.4 Å². The van der Waals surface area contributed by atoms with Crippen LogP contribution in [0.4, 0.5) is 10.5 Å². The van der Waals surface area contributed by atoms with Crippen LogP contribution in [0, 0.1) is 0 Å². The molecule has 0 aromatic heterocycles. The molecule has 0 saturated carbocycles. The Labute approximate surface area is 108 Å². The predicted octanol–water partition coefficient (Wildman–Crippen LogP) is -0.647. The van der Waals surface area contributed by atoms with Crippen LogP contribution in [0.1, 0.15) is 10.4 Å². The second-order valence-corrected chi connectivity index (χ2v) is 3.62. The van der Waals surface area contributed by atoms with E-state index in [1.54, 1.807) is 0 Å². The van der Waals surface area contributed by atoms with E-state index in [2.05, 4.69) is 5.32 Å². The second-order valence-electron chi connectivity index (χ2n) is 3.62. The quantitative estimate of drug-likeness (QED) is 0.482. The molecule has 0 aliphatic rings. The van der Waals surface area contributed by atoms with Crippen LogP contribution >= 0.6 is 0 Å². The molecule has 0 spiro atoms. The van der Waals surface area contributed by atoms with Gasteiger partial charge < -0.3 is 26.6 Å². The summed E-state index contributed by atoms with van der Waals surface area (Å²) in [6.45, 7) is -0.732. The number of carboxylic acid groups (broad SMARTS) is 1. The van der Waals surface area contributed by atoms with E-state index in [-0.39, 0.29) is 11.3 Å². The summed E-state index contributed by atoms with van der Waals surface area (Å²) in [5.41, 5.74) is 5.55. The Morgan fingerprint density at radius 1 is 1.32 bits per heavy atom. The van der Waals surface area contributed by atoms with Crippen LogP contribution in [0.25, 0.3) is 0 Å². The number of nitrogens with two attached hydrogens (primary N) is 1. The number of benzene rings is 1. The number of hydrogen-bond acceptors (Lipinski definition) is 4. The Morgan fingerprint density at radius 3 is 2.53 bits per heavy atom. The number of amides is 3. The lowest BCUT2D eigenvalue weighted by Crippen LogP contribution is -2.45. The standard InChI is InChI=1S/C11H13N3O5/c12-9(16)6-2-1-3-7(4-6)13-11(19)14-8(5-15)10(17)18/h1-4,8,15H,5H2,(H2,12,16)(H,17,18)(H2,13,14,19)/t8-/m1/s1. The molecule has 3 amide bonds. The molecule has 19 heavy (non-hydrogen) atoms. The molecule has 1 atom stereocenters. The number of carbonyl (C=O) groups excluding carboxylic acids is 2. The lowest BCUT2D eigenvalue weighted by Gasteiger charge is -2.12. The van der Waals surface area contributed by atoms with Gasteiger partial charge in [0.2, 0.25) is 5.91 Å². The molecule has 0 radical (unpaired) electrons. The van der Waals surface area contributed by atoms with Crippen molar-refractivity contribution in [3.05, 3.63) is 29.8 Å². The second kappa shape index (κ2) is 6.36. The number of aliphatic carboxylic acids is 1. The van der Waals surface area contributed by atoms with Gasteiger partial charge in [0.1, 0.15) is 0 Å². The van der Waals surface area contributed by atoms with Crippen LogP contribution in [0.2, 0.25) is 0 Å². The Hall–Kier alpha value is -2.61. The van der Waals surface area contributed by atoms with Crippen LogP contribution in [-0.2, 0) is 4.79 Å². The molecule has 102 valence electrons. The number of primary amides is 1. The zero-order valence-corrected chi connectivity index (χ0v) is 9.79. The molecule has 1 aromatic rings. The summed E-state index contributed by atoms with van der Waals surface area (Å²) in [5, 5.41) is 21.8. The largest absolute Gasteiger partial charge is 0.480 e. The topological polar surface area (TPSA) is 142 Å². The smallest absolute Gasteiger partial charge is 0.328 e. The van der Waals surface area contributed by atoms with Gasteiger partial charge in [-0.3, -0.25) is 4.79 Å². The molecular weight excluding hydrogens is 254 g/mol. The Bertz CT molecular complexity index is 503. The molecule has 0 unspecified atom stereocenters. The fourth-order valence-electron chi connectivity index (χ4n) is 1.26. The normalized spacial score (nSPS) is 11.4. The molecule has 1 aromatic carbocycles. The highest BCUT2D eigenvalue weighted by Gasteiger charge is 2.18. The van der Waals surface area contributed by atoms with E-state index >= 15 is 0 Å². The molecule has 0 fully saturated rings. The number of nitrogens with one attached hydrogen (secondary N) is 2. The zero-order chi connectivity index (χ0) is 14.4. The summed E-state index contributed by atoms with van der Waals surface area (Å²) in [4.78, 5) is 33.0. The van der Waals surface area contributed by atoms with Gasteiger partial charge in [0.05, 0.1) is 6.61 Å². The number of anilines is 1. The number of hydrogen-bond donors (Lipinski definition) is 5. The van der Waals surface area contributed by atoms with Crippen molar-refractivity contribution in [1.29, 1.82) is 0 Å². The van der Waals surface area contributed by atoms with Crippen LogP contribution in [0.5, 0.6) is 0 Å². The van der Waals surface area contributed by atoms with Crippen molar-refractivity contribution in [3.8, 4) is 0 Å². The number of aliphatic hydroxyl groups is 1. The molecule has 6 N–H and O–H groups in total. The van der Waals surface area contributed by atoms with Crippen molar-refractivity contribution in [1.82, 2.24) is 5.32 Å². The van der Waals surface area contributed by atoms with Gasteiger partial charge in [0.25, 0.3) is 0 Å².